The maximum absolute atomic E-state index is 8.78. The Morgan fingerprint density at radius 3 is 1.56 bits per heavy atom. The molecule has 7 heteroatoms. The lowest BCUT2D eigenvalue weighted by molar-refractivity contribution is 0.117. The minimum Gasteiger partial charge on any atom is -0.395 e. The molecule has 0 rings (SSSR count). The van der Waals surface area contributed by atoms with Gasteiger partial charge < -0.3 is 20.0 Å². The van der Waals surface area contributed by atoms with Crippen LogP contribution >= 0.6 is 8.25 Å². The van der Waals surface area contributed by atoms with Gasteiger partial charge in [-0.05, 0) is 12.8 Å². The van der Waals surface area contributed by atoms with Crippen LogP contribution in [0.4, 0.5) is 0 Å². The van der Waals surface area contributed by atoms with E-state index in [0.29, 0.717) is 19.1 Å². The van der Waals surface area contributed by atoms with Crippen LogP contribution in [0.2, 0.25) is 0 Å². The summed E-state index contributed by atoms with van der Waals surface area (Å²) in [6, 6.07) is 0.504. The van der Waals surface area contributed by atoms with Gasteiger partial charge in [-0.3, -0.25) is 9.46 Å². The summed E-state index contributed by atoms with van der Waals surface area (Å²) >= 11 is 0. The second-order valence-corrected chi connectivity index (χ2v) is 3.80. The molecule has 0 unspecified atom stereocenters. The Kier molecular flexibility index (Phi) is 15.1. The van der Waals surface area contributed by atoms with Crippen LogP contribution in [0.25, 0.3) is 0 Å². The van der Waals surface area contributed by atoms with E-state index in [1.807, 2.05) is 0 Å². The van der Waals surface area contributed by atoms with E-state index in [2.05, 4.69) is 18.7 Å². The van der Waals surface area contributed by atoms with Crippen LogP contribution in [-0.2, 0) is 4.57 Å². The third kappa shape index (κ3) is 12.1. The van der Waals surface area contributed by atoms with Crippen LogP contribution in [0.5, 0.6) is 0 Å². The predicted octanol–water partition coefficient (Wildman–Crippen LogP) is -0.178. The fourth-order valence-corrected chi connectivity index (χ4v) is 1.54. The van der Waals surface area contributed by atoms with Crippen molar-refractivity contribution in [1.82, 2.24) is 4.90 Å². The van der Waals surface area contributed by atoms with E-state index in [1.165, 1.54) is 0 Å². The van der Waals surface area contributed by atoms with Crippen molar-refractivity contribution in [2.75, 3.05) is 26.3 Å². The first kappa shape index (κ1) is 18.4. The lowest BCUT2D eigenvalue weighted by Crippen LogP contribution is -2.38. The standard InChI is InChI=1S/C9H21NO2.H3O3P/c1-3-9(4-2)10(5-7-11)6-8-12;1-4(2)3/h9,11-12H,3-8H2,1-2H3;4H,(H2,1,2,3). The van der Waals surface area contributed by atoms with Gasteiger partial charge in [0.25, 0.3) is 0 Å². The van der Waals surface area contributed by atoms with E-state index < -0.39 is 8.25 Å². The fourth-order valence-electron chi connectivity index (χ4n) is 1.54. The number of aliphatic hydroxyl groups is 2. The van der Waals surface area contributed by atoms with E-state index >= 15 is 0 Å². The molecule has 0 aromatic heterocycles. The van der Waals surface area contributed by atoms with Crippen molar-refractivity contribution in [3.63, 3.8) is 0 Å². The van der Waals surface area contributed by atoms with Crippen LogP contribution in [0.3, 0.4) is 0 Å². The molecule has 0 amide bonds. The molecule has 0 fully saturated rings. The highest BCUT2D eigenvalue weighted by Gasteiger charge is 2.12. The van der Waals surface area contributed by atoms with Gasteiger partial charge in [0.05, 0.1) is 13.2 Å². The highest BCUT2D eigenvalue weighted by Crippen LogP contribution is 2.06. The van der Waals surface area contributed by atoms with Gasteiger partial charge in [0.15, 0.2) is 0 Å². The first-order valence-corrected chi connectivity index (χ1v) is 6.71. The normalized spacial score (nSPS) is 10.8. The molecule has 0 aliphatic rings. The topological polar surface area (TPSA) is 101 Å². The van der Waals surface area contributed by atoms with Crippen LogP contribution in [0.15, 0.2) is 0 Å². The monoisotopic (exact) mass is 257 g/mol. The lowest BCUT2D eigenvalue weighted by Gasteiger charge is -2.28. The summed E-state index contributed by atoms with van der Waals surface area (Å²) in [5.41, 5.74) is 0. The first-order chi connectivity index (χ1) is 7.53. The third-order valence-corrected chi connectivity index (χ3v) is 2.23. The Labute approximate surface area is 97.5 Å². The summed E-state index contributed by atoms with van der Waals surface area (Å²) in [5.74, 6) is 0. The largest absolute Gasteiger partial charge is 0.395 e. The Morgan fingerprint density at radius 2 is 1.38 bits per heavy atom. The second-order valence-electron chi connectivity index (χ2n) is 3.24. The van der Waals surface area contributed by atoms with E-state index in [0.717, 1.165) is 12.8 Å². The maximum Gasteiger partial charge on any atom is 0.314 e. The lowest BCUT2D eigenvalue weighted by atomic mass is 10.1. The average Bonchev–Trinajstić information content (AvgIpc) is 2.19. The Bertz CT molecular complexity index is 156. The third-order valence-electron chi connectivity index (χ3n) is 2.23. The number of rotatable bonds is 7. The zero-order valence-corrected chi connectivity index (χ0v) is 11.0. The zero-order valence-electron chi connectivity index (χ0n) is 9.96. The minimum absolute atomic E-state index is 0.177. The summed E-state index contributed by atoms with van der Waals surface area (Å²) in [7, 11) is -3.13. The summed E-state index contributed by atoms with van der Waals surface area (Å²) in [6.45, 7) is 5.97. The van der Waals surface area contributed by atoms with E-state index in [-0.39, 0.29) is 13.2 Å². The van der Waals surface area contributed by atoms with Crippen LogP contribution in [-0.4, -0.2) is 57.2 Å². The molecule has 0 aromatic carbocycles. The minimum atomic E-state index is -3.13. The van der Waals surface area contributed by atoms with Crippen LogP contribution in [0.1, 0.15) is 26.7 Å². The molecule has 4 N–H and O–H groups in total. The molecule has 0 spiro atoms. The van der Waals surface area contributed by atoms with Crippen LogP contribution < -0.4 is 0 Å². The van der Waals surface area contributed by atoms with Crippen molar-refractivity contribution in [1.29, 1.82) is 0 Å². The van der Waals surface area contributed by atoms with Gasteiger partial charge in [0.1, 0.15) is 0 Å². The van der Waals surface area contributed by atoms with Crippen molar-refractivity contribution < 1.29 is 24.6 Å². The van der Waals surface area contributed by atoms with Gasteiger partial charge in [-0.2, -0.15) is 0 Å². The van der Waals surface area contributed by atoms with Gasteiger partial charge in [0.2, 0.25) is 0 Å². The Hall–Kier alpha value is 0.0300. The summed E-state index contributed by atoms with van der Waals surface area (Å²) in [6.07, 6.45) is 2.16. The number of hydrogen-bond acceptors (Lipinski definition) is 4. The van der Waals surface area contributed by atoms with Crippen molar-refractivity contribution in [2.24, 2.45) is 0 Å². The summed E-state index contributed by atoms with van der Waals surface area (Å²) in [4.78, 5) is 16.5. The van der Waals surface area contributed by atoms with E-state index in [1.54, 1.807) is 0 Å². The fraction of sp³-hybridized carbons (Fsp3) is 1.00. The average molecular weight is 257 g/mol. The molecule has 0 saturated heterocycles. The molecule has 100 valence electrons. The SMILES string of the molecule is CCC(CC)N(CCO)CCO.O=[PH](O)O. The Morgan fingerprint density at radius 1 is 1.06 bits per heavy atom. The molecular formula is C9H24NO5P. The number of nitrogens with zero attached hydrogens (tertiary/aromatic N) is 1. The first-order valence-electron chi connectivity index (χ1n) is 5.41. The Balaban J connectivity index is 0. The van der Waals surface area contributed by atoms with Gasteiger partial charge in [-0.1, -0.05) is 13.8 Å². The molecule has 0 aromatic rings. The molecule has 0 saturated carbocycles. The quantitative estimate of drug-likeness (QED) is 0.472. The molecule has 0 heterocycles. The van der Waals surface area contributed by atoms with Crippen molar-refractivity contribution >= 4 is 8.25 Å². The summed E-state index contributed by atoms with van der Waals surface area (Å²) < 4.78 is 8.74. The molecule has 0 atom stereocenters. The van der Waals surface area contributed by atoms with Crippen LogP contribution in [0, 0.1) is 0 Å². The highest BCUT2D eigenvalue weighted by molar-refractivity contribution is 7.30. The molecule has 0 bridgehead atoms. The number of aliphatic hydroxyl groups excluding tert-OH is 2. The molecule has 6 nitrogen and oxygen atoms in total. The van der Waals surface area contributed by atoms with E-state index in [4.69, 9.17) is 24.6 Å². The molecule has 0 aliphatic heterocycles. The van der Waals surface area contributed by atoms with Crippen molar-refractivity contribution in [3.05, 3.63) is 0 Å². The smallest absolute Gasteiger partial charge is 0.314 e. The number of hydrogen-bond donors (Lipinski definition) is 4. The maximum atomic E-state index is 8.78. The predicted molar refractivity (Wildman–Crippen MR) is 63.6 cm³/mol. The molecule has 0 radical (unpaired) electrons. The van der Waals surface area contributed by atoms with Crippen molar-refractivity contribution in [3.8, 4) is 0 Å². The van der Waals surface area contributed by atoms with Crippen molar-refractivity contribution in [2.45, 2.75) is 32.7 Å². The summed E-state index contributed by atoms with van der Waals surface area (Å²) in [5, 5.41) is 17.6. The van der Waals surface area contributed by atoms with Gasteiger partial charge in [-0.25, -0.2) is 0 Å². The molecular weight excluding hydrogens is 233 g/mol. The van der Waals surface area contributed by atoms with E-state index in [9.17, 15) is 0 Å². The van der Waals surface area contributed by atoms with Gasteiger partial charge >= 0.3 is 8.25 Å². The zero-order chi connectivity index (χ0) is 13.0. The van der Waals surface area contributed by atoms with Gasteiger partial charge in [0, 0.05) is 19.1 Å². The van der Waals surface area contributed by atoms with Gasteiger partial charge in [-0.15, -0.1) is 0 Å². The second kappa shape index (κ2) is 13.1. The molecule has 0 aliphatic carbocycles. The highest BCUT2D eigenvalue weighted by atomic mass is 31.1. The molecule has 16 heavy (non-hydrogen) atoms.